The highest BCUT2D eigenvalue weighted by molar-refractivity contribution is 6.07. The summed E-state index contributed by atoms with van der Waals surface area (Å²) in [5.41, 5.74) is 7.57. The van der Waals surface area contributed by atoms with Gasteiger partial charge >= 0.3 is 12.0 Å². The fraction of sp³-hybridized carbons (Fsp3) is 0.426. The van der Waals surface area contributed by atoms with Crippen molar-refractivity contribution in [2.24, 2.45) is 0 Å². The number of amides is 4. The molecule has 7 aromatic rings. The SMILES string of the molecule is Cc1c(F)cc2[nH]ncc2c1-c1c(C2CC2)cc2c(N3C[C@@H]4C[C@H]3CN4)nc(OC3CCOCC3)nc2c1OCc1ccc(C(=O)N2CCN(Cc3ccn4c(N5CCC(=O)NC5=O)cnc4c3)C[C@@H]2C)cc1. The van der Waals surface area contributed by atoms with Gasteiger partial charge in [-0.1, -0.05) is 12.1 Å². The maximum Gasteiger partial charge on any atom is 0.329 e. The number of imidazole rings is 1. The van der Waals surface area contributed by atoms with E-state index in [0.29, 0.717) is 97.4 Å². The molecule has 18 nitrogen and oxygen atoms in total. The summed E-state index contributed by atoms with van der Waals surface area (Å²) in [6, 6.07) is 15.9. The van der Waals surface area contributed by atoms with E-state index in [-0.39, 0.29) is 54.8 Å². The van der Waals surface area contributed by atoms with Crippen molar-refractivity contribution >= 4 is 56.9 Å². The minimum Gasteiger partial charge on any atom is -0.486 e. The van der Waals surface area contributed by atoms with Crippen LogP contribution in [0.3, 0.4) is 0 Å². The van der Waals surface area contributed by atoms with Gasteiger partial charge in [-0.05, 0) is 97.7 Å². The van der Waals surface area contributed by atoms with Crippen molar-refractivity contribution in [3.05, 3.63) is 101 Å². The molecule has 3 N–H and O–H groups in total. The van der Waals surface area contributed by atoms with E-state index in [4.69, 9.17) is 24.2 Å². The fourth-order valence-corrected chi connectivity index (χ4v) is 11.7. The number of aromatic amines is 1. The Morgan fingerprint density at radius 1 is 0.932 bits per heavy atom. The van der Waals surface area contributed by atoms with Gasteiger partial charge < -0.3 is 29.3 Å². The Morgan fingerprint density at radius 3 is 2.55 bits per heavy atom. The summed E-state index contributed by atoms with van der Waals surface area (Å²) in [4.78, 5) is 61.6. The lowest BCUT2D eigenvalue weighted by molar-refractivity contribution is -0.120. The number of nitrogens with zero attached hydrogens (tertiary/aromatic N) is 9. The first kappa shape index (κ1) is 45.6. The normalized spacial score (nSPS) is 21.8. The second-order valence-electron chi connectivity index (χ2n) is 20.6. The Hall–Kier alpha value is -7.22. The van der Waals surface area contributed by atoms with Crippen molar-refractivity contribution in [3.63, 3.8) is 0 Å². The number of carbonyl (C=O) groups is 3. The van der Waals surface area contributed by atoms with E-state index in [9.17, 15) is 14.4 Å². The molecule has 13 rings (SSSR count). The summed E-state index contributed by atoms with van der Waals surface area (Å²) < 4.78 is 37.3. The van der Waals surface area contributed by atoms with E-state index in [1.165, 1.54) is 11.0 Å². The molecule has 0 radical (unpaired) electrons. The van der Waals surface area contributed by atoms with Crippen molar-refractivity contribution < 1.29 is 33.0 Å². The van der Waals surface area contributed by atoms with Crippen molar-refractivity contribution in [1.82, 2.24) is 50.0 Å². The van der Waals surface area contributed by atoms with Crippen LogP contribution in [-0.4, -0.2) is 134 Å². The van der Waals surface area contributed by atoms with Gasteiger partial charge in [0.15, 0.2) is 5.75 Å². The number of imide groups is 1. The lowest BCUT2D eigenvalue weighted by Gasteiger charge is -2.40. The zero-order valence-electron chi connectivity index (χ0n) is 40.9. The molecule has 4 amide bonds. The lowest BCUT2D eigenvalue weighted by atomic mass is 9.88. The van der Waals surface area contributed by atoms with Gasteiger partial charge in [0.1, 0.15) is 41.3 Å². The highest BCUT2D eigenvalue weighted by Crippen LogP contribution is 2.53. The molecule has 5 aliphatic heterocycles. The summed E-state index contributed by atoms with van der Waals surface area (Å²) in [5.74, 6) is 1.59. The first-order valence-electron chi connectivity index (χ1n) is 25.7. The van der Waals surface area contributed by atoms with E-state index < -0.39 is 6.03 Å². The van der Waals surface area contributed by atoms with E-state index in [1.807, 2.05) is 58.8 Å². The molecule has 5 saturated heterocycles. The average Bonchev–Trinajstić information content (AvgIpc) is 3.67. The minimum absolute atomic E-state index is 0.0300. The van der Waals surface area contributed by atoms with Crippen molar-refractivity contribution in [1.29, 1.82) is 0 Å². The van der Waals surface area contributed by atoms with Crippen LogP contribution in [0, 0.1) is 12.7 Å². The summed E-state index contributed by atoms with van der Waals surface area (Å²) in [7, 11) is 0. The predicted molar refractivity (Wildman–Crippen MR) is 271 cm³/mol. The molecule has 6 aliphatic rings. The number of hydrogen-bond acceptors (Lipinski definition) is 13. The molecule has 6 fully saturated rings. The summed E-state index contributed by atoms with van der Waals surface area (Å²) in [5, 5.41) is 15.1. The predicted octanol–water partition coefficient (Wildman–Crippen LogP) is 6.63. The molecule has 0 unspecified atom stereocenters. The Labute approximate surface area is 420 Å². The highest BCUT2D eigenvalue weighted by atomic mass is 19.1. The number of urea groups is 1. The molecule has 0 spiro atoms. The van der Waals surface area contributed by atoms with Crippen molar-refractivity contribution in [2.45, 2.75) is 95.7 Å². The van der Waals surface area contributed by atoms with Gasteiger partial charge in [-0.3, -0.25) is 34.2 Å². The number of anilines is 2. The Bertz CT molecular complexity index is 3330. The molecule has 1 saturated carbocycles. The summed E-state index contributed by atoms with van der Waals surface area (Å²) >= 11 is 0. The monoisotopic (exact) mass is 988 g/mol. The molecular weight excluding hydrogens is 932 g/mol. The quantitative estimate of drug-likeness (QED) is 0.119. The van der Waals surface area contributed by atoms with Gasteiger partial charge in [-0.15, -0.1) is 0 Å². The van der Waals surface area contributed by atoms with Crippen LogP contribution in [0.1, 0.15) is 84.0 Å². The number of aromatic nitrogens is 6. The highest BCUT2D eigenvalue weighted by Gasteiger charge is 2.41. The second-order valence-corrected chi connectivity index (χ2v) is 20.6. The Morgan fingerprint density at radius 2 is 1.78 bits per heavy atom. The van der Waals surface area contributed by atoms with E-state index in [2.05, 4.69) is 48.6 Å². The van der Waals surface area contributed by atoms with E-state index >= 15 is 4.39 Å². The molecule has 73 heavy (non-hydrogen) atoms. The van der Waals surface area contributed by atoms with Gasteiger partial charge in [-0.25, -0.2) is 14.2 Å². The smallest absolute Gasteiger partial charge is 0.329 e. The average molecular weight is 989 g/mol. The Kier molecular flexibility index (Phi) is 11.5. The van der Waals surface area contributed by atoms with Gasteiger partial charge in [0.05, 0.1) is 31.1 Å². The second kappa shape index (κ2) is 18.4. The summed E-state index contributed by atoms with van der Waals surface area (Å²) in [6.07, 6.45) is 9.98. The number of hydrogen-bond donors (Lipinski definition) is 3. The van der Waals surface area contributed by atoms with Gasteiger partial charge in [0.25, 0.3) is 5.91 Å². The molecule has 9 heterocycles. The third kappa shape index (κ3) is 8.45. The van der Waals surface area contributed by atoms with Crippen LogP contribution in [0.25, 0.3) is 38.6 Å². The number of halogens is 1. The lowest BCUT2D eigenvalue weighted by Crippen LogP contribution is -2.53. The number of fused-ring (bicyclic) bond motifs is 5. The summed E-state index contributed by atoms with van der Waals surface area (Å²) in [6.45, 7) is 9.92. The zero-order valence-corrected chi connectivity index (χ0v) is 40.9. The van der Waals surface area contributed by atoms with Crippen LogP contribution < -0.4 is 29.9 Å². The maximum absolute atomic E-state index is 16.1. The first-order chi connectivity index (χ1) is 35.6. The molecule has 19 heteroatoms. The third-order valence-corrected chi connectivity index (χ3v) is 15.8. The standard InChI is InChI=1S/C54H57FN12O6/c1-30-26-63(27-33-9-13-65-44(19-33)57-25-46(65)66-14-10-45(68)59-54(66)70)15-16-64(30)52(69)35-5-3-32(4-6-35)29-72-50-48(47-31(2)42(55)22-43-41(47)24-58-62-43)39(34-7-8-34)21-40-49(50)60-53(73-38-11-17-71-18-12-38)61-51(40)67-28-36-20-37(67)23-56-36/h3-6,9,13,19,21-22,24-25,30,34,36-38,56H,7-8,10-12,14-18,20,23,26-29H2,1-2H3,(H,58,62)(H,59,68,70)/t30-,36-,37-/m0/s1. The number of benzene rings is 3. The topological polar surface area (TPSA) is 188 Å². The van der Waals surface area contributed by atoms with Crippen LogP contribution >= 0.6 is 0 Å². The number of pyridine rings is 1. The first-order valence-corrected chi connectivity index (χ1v) is 25.7. The van der Waals surface area contributed by atoms with Crippen LogP contribution in [0.2, 0.25) is 0 Å². The van der Waals surface area contributed by atoms with Crippen LogP contribution in [0.4, 0.5) is 20.8 Å². The van der Waals surface area contributed by atoms with Crippen LogP contribution in [0.5, 0.6) is 11.8 Å². The molecular formula is C54H57FN12O6. The van der Waals surface area contributed by atoms with E-state index in [1.54, 1.807) is 12.4 Å². The molecule has 2 bridgehead atoms. The molecule has 376 valence electrons. The van der Waals surface area contributed by atoms with E-state index in [0.717, 1.165) is 89.6 Å². The number of rotatable bonds is 12. The number of carbonyl (C=O) groups excluding carboxylic acids is 3. The fourth-order valence-electron chi connectivity index (χ4n) is 11.7. The van der Waals surface area contributed by atoms with Gasteiger partial charge in [-0.2, -0.15) is 15.1 Å². The zero-order chi connectivity index (χ0) is 49.5. The number of nitrogens with one attached hydrogen (secondary N) is 3. The van der Waals surface area contributed by atoms with Crippen LogP contribution in [0.15, 0.2) is 67.1 Å². The number of ether oxygens (including phenoxy) is 3. The van der Waals surface area contributed by atoms with Crippen molar-refractivity contribution in [3.8, 4) is 22.9 Å². The van der Waals surface area contributed by atoms with Crippen molar-refractivity contribution in [2.75, 3.05) is 62.3 Å². The third-order valence-electron chi connectivity index (χ3n) is 15.8. The number of piperazine rings is 2. The number of H-pyrrole nitrogens is 1. The molecule has 4 aromatic heterocycles. The molecule has 3 atom stereocenters. The largest absolute Gasteiger partial charge is 0.486 e. The maximum atomic E-state index is 16.1. The molecule has 3 aromatic carbocycles. The van der Waals surface area contributed by atoms with Gasteiger partial charge in [0.2, 0.25) is 5.91 Å². The molecule has 1 aliphatic carbocycles. The Balaban J connectivity index is 0.776. The van der Waals surface area contributed by atoms with Gasteiger partial charge in [0, 0.05) is 117 Å². The minimum atomic E-state index is -0.449. The van der Waals surface area contributed by atoms with Crippen LogP contribution in [-0.2, 0) is 22.7 Å².